The molecule has 18 heavy (non-hydrogen) atoms. The Morgan fingerprint density at radius 2 is 2.17 bits per heavy atom. The molecule has 98 valence electrons. The minimum Gasteiger partial charge on any atom is -0.383 e. The molecular formula is C13H18N2OS2. The number of hydrogen-bond acceptors (Lipinski definition) is 5. The summed E-state index contributed by atoms with van der Waals surface area (Å²) in [7, 11) is 0. The summed E-state index contributed by atoms with van der Waals surface area (Å²) in [6.45, 7) is 6.31. The lowest BCUT2D eigenvalue weighted by atomic mass is 10.0. The lowest BCUT2D eigenvalue weighted by molar-refractivity contribution is 0.0995. The van der Waals surface area contributed by atoms with Crippen LogP contribution in [0, 0.1) is 6.92 Å². The van der Waals surface area contributed by atoms with Crippen LogP contribution in [0.4, 0.5) is 5.82 Å². The Labute approximate surface area is 116 Å². The molecule has 5 heteroatoms. The van der Waals surface area contributed by atoms with Crippen molar-refractivity contribution in [2.24, 2.45) is 0 Å². The van der Waals surface area contributed by atoms with Crippen molar-refractivity contribution in [3.63, 3.8) is 0 Å². The lowest BCUT2D eigenvalue weighted by Crippen LogP contribution is -2.32. The molecule has 1 aromatic rings. The SMILES string of the molecule is Cc1ccnc(N)c1C(=O)C1CSC(C)C(C)S1. The van der Waals surface area contributed by atoms with Gasteiger partial charge in [-0.05, 0) is 18.6 Å². The number of nitrogens with zero attached hydrogens (tertiary/aromatic N) is 1. The molecular weight excluding hydrogens is 264 g/mol. The maximum atomic E-state index is 12.5. The number of carbonyl (C=O) groups is 1. The predicted molar refractivity (Wildman–Crippen MR) is 80.5 cm³/mol. The van der Waals surface area contributed by atoms with E-state index < -0.39 is 0 Å². The van der Waals surface area contributed by atoms with Gasteiger partial charge < -0.3 is 5.73 Å². The smallest absolute Gasteiger partial charge is 0.180 e. The minimum absolute atomic E-state index is 0.00593. The number of rotatable bonds is 2. The highest BCUT2D eigenvalue weighted by molar-refractivity contribution is 8.08. The molecule has 0 saturated carbocycles. The van der Waals surface area contributed by atoms with E-state index in [-0.39, 0.29) is 11.0 Å². The summed E-state index contributed by atoms with van der Waals surface area (Å²) in [6, 6.07) is 1.84. The van der Waals surface area contributed by atoms with Crippen molar-refractivity contribution in [2.75, 3.05) is 11.5 Å². The van der Waals surface area contributed by atoms with Crippen LogP contribution in [-0.2, 0) is 0 Å². The number of ketones is 1. The first-order chi connectivity index (χ1) is 8.50. The molecule has 3 nitrogen and oxygen atoms in total. The van der Waals surface area contributed by atoms with Crippen LogP contribution in [0.5, 0.6) is 0 Å². The highest BCUT2D eigenvalue weighted by atomic mass is 32.2. The van der Waals surface area contributed by atoms with Gasteiger partial charge in [-0.2, -0.15) is 11.8 Å². The molecule has 2 N–H and O–H groups in total. The molecule has 0 aliphatic carbocycles. The summed E-state index contributed by atoms with van der Waals surface area (Å²) in [5, 5.41) is 1.11. The predicted octanol–water partition coefficient (Wildman–Crippen LogP) is 2.78. The van der Waals surface area contributed by atoms with Crippen LogP contribution in [0.3, 0.4) is 0 Å². The van der Waals surface area contributed by atoms with Crippen LogP contribution < -0.4 is 5.73 Å². The van der Waals surface area contributed by atoms with Gasteiger partial charge in [0.05, 0.1) is 10.8 Å². The topological polar surface area (TPSA) is 56.0 Å². The third kappa shape index (κ3) is 2.67. The first kappa shape index (κ1) is 13.7. The summed E-state index contributed by atoms with van der Waals surface area (Å²) in [4.78, 5) is 16.6. The number of aryl methyl sites for hydroxylation is 1. The van der Waals surface area contributed by atoms with Crippen LogP contribution >= 0.6 is 23.5 Å². The summed E-state index contributed by atoms with van der Waals surface area (Å²) >= 11 is 3.63. The Bertz CT molecular complexity index is 444. The fourth-order valence-electron chi connectivity index (χ4n) is 1.98. The van der Waals surface area contributed by atoms with E-state index in [2.05, 4.69) is 18.8 Å². The molecule has 3 unspecified atom stereocenters. The minimum atomic E-state index is 0.00593. The second kappa shape index (κ2) is 5.53. The number of hydrogen-bond donors (Lipinski definition) is 1. The molecule has 1 aliphatic rings. The van der Waals surface area contributed by atoms with E-state index in [0.29, 0.717) is 21.9 Å². The van der Waals surface area contributed by atoms with Gasteiger partial charge >= 0.3 is 0 Å². The highest BCUT2D eigenvalue weighted by Gasteiger charge is 2.32. The number of pyridine rings is 1. The van der Waals surface area contributed by atoms with Crippen molar-refractivity contribution >= 4 is 35.1 Å². The van der Waals surface area contributed by atoms with Gasteiger partial charge in [-0.15, -0.1) is 11.8 Å². The van der Waals surface area contributed by atoms with Crippen LogP contribution in [-0.4, -0.2) is 32.3 Å². The monoisotopic (exact) mass is 282 g/mol. The first-order valence-electron chi connectivity index (χ1n) is 6.03. The Kier molecular flexibility index (Phi) is 4.22. The van der Waals surface area contributed by atoms with Crippen molar-refractivity contribution in [1.29, 1.82) is 0 Å². The van der Waals surface area contributed by atoms with E-state index in [1.807, 2.05) is 24.8 Å². The zero-order valence-electron chi connectivity index (χ0n) is 10.8. The van der Waals surface area contributed by atoms with E-state index in [0.717, 1.165) is 11.3 Å². The fraction of sp³-hybridized carbons (Fsp3) is 0.538. The third-order valence-corrected chi connectivity index (χ3v) is 6.67. The largest absolute Gasteiger partial charge is 0.383 e. The highest BCUT2D eigenvalue weighted by Crippen LogP contribution is 2.37. The standard InChI is InChI=1S/C13H18N2OS2/c1-7-4-5-15-13(14)11(7)12(16)10-6-17-8(2)9(3)18-10/h4-5,8-10H,6H2,1-3H3,(H2,14,15). The zero-order chi connectivity index (χ0) is 13.3. The number of nitrogens with two attached hydrogens (primary N) is 1. The maximum Gasteiger partial charge on any atom is 0.180 e. The average Bonchev–Trinajstić information content (AvgIpc) is 2.32. The van der Waals surface area contributed by atoms with Crippen molar-refractivity contribution in [3.8, 4) is 0 Å². The average molecular weight is 282 g/mol. The van der Waals surface area contributed by atoms with E-state index in [4.69, 9.17) is 5.73 Å². The fourth-order valence-corrected chi connectivity index (χ4v) is 4.84. The zero-order valence-corrected chi connectivity index (χ0v) is 12.5. The molecule has 0 aromatic carbocycles. The summed E-state index contributed by atoms with van der Waals surface area (Å²) in [6.07, 6.45) is 1.65. The molecule has 1 saturated heterocycles. The third-order valence-electron chi connectivity index (χ3n) is 3.28. The molecule has 2 heterocycles. The quantitative estimate of drug-likeness (QED) is 0.845. The Balaban J connectivity index is 2.22. The second-order valence-corrected chi connectivity index (χ2v) is 7.62. The Hall–Kier alpha value is -0.680. The molecule has 0 spiro atoms. The van der Waals surface area contributed by atoms with Gasteiger partial charge in [0.1, 0.15) is 5.82 Å². The molecule has 0 radical (unpaired) electrons. The first-order valence-corrected chi connectivity index (χ1v) is 8.02. The molecule has 0 bridgehead atoms. The van der Waals surface area contributed by atoms with Gasteiger partial charge in [0.2, 0.25) is 0 Å². The van der Waals surface area contributed by atoms with E-state index >= 15 is 0 Å². The number of thioether (sulfide) groups is 2. The van der Waals surface area contributed by atoms with E-state index in [9.17, 15) is 4.79 Å². The maximum absolute atomic E-state index is 12.5. The number of anilines is 1. The van der Waals surface area contributed by atoms with Crippen molar-refractivity contribution in [2.45, 2.75) is 36.5 Å². The Morgan fingerprint density at radius 1 is 1.44 bits per heavy atom. The molecule has 2 rings (SSSR count). The Morgan fingerprint density at radius 3 is 2.78 bits per heavy atom. The summed E-state index contributed by atoms with van der Waals surface area (Å²) in [5.41, 5.74) is 7.37. The number of nitrogen functional groups attached to an aromatic ring is 1. The van der Waals surface area contributed by atoms with Crippen molar-refractivity contribution < 1.29 is 4.79 Å². The van der Waals surface area contributed by atoms with Gasteiger partial charge in [0.25, 0.3) is 0 Å². The van der Waals surface area contributed by atoms with Gasteiger partial charge in [-0.1, -0.05) is 13.8 Å². The van der Waals surface area contributed by atoms with Gasteiger partial charge in [0, 0.05) is 22.4 Å². The van der Waals surface area contributed by atoms with Gasteiger partial charge in [-0.3, -0.25) is 4.79 Å². The van der Waals surface area contributed by atoms with E-state index in [1.165, 1.54) is 0 Å². The molecule has 3 atom stereocenters. The van der Waals surface area contributed by atoms with Crippen LogP contribution in [0.25, 0.3) is 0 Å². The summed E-state index contributed by atoms with van der Waals surface area (Å²) < 4.78 is 0. The molecule has 0 amide bonds. The van der Waals surface area contributed by atoms with Gasteiger partial charge in [-0.25, -0.2) is 4.98 Å². The number of carbonyl (C=O) groups excluding carboxylic acids is 1. The van der Waals surface area contributed by atoms with E-state index in [1.54, 1.807) is 18.0 Å². The number of aromatic nitrogens is 1. The molecule has 1 aromatic heterocycles. The van der Waals surface area contributed by atoms with Crippen LogP contribution in [0.2, 0.25) is 0 Å². The molecule has 1 aliphatic heterocycles. The van der Waals surface area contributed by atoms with Crippen molar-refractivity contribution in [3.05, 3.63) is 23.4 Å². The van der Waals surface area contributed by atoms with Crippen molar-refractivity contribution in [1.82, 2.24) is 4.98 Å². The summed E-state index contributed by atoms with van der Waals surface area (Å²) in [5.74, 6) is 1.36. The normalized spacial score (nSPS) is 28.1. The van der Waals surface area contributed by atoms with Gasteiger partial charge in [0.15, 0.2) is 5.78 Å². The lowest BCUT2D eigenvalue weighted by Gasteiger charge is -2.30. The second-order valence-electron chi connectivity index (χ2n) is 4.62. The van der Waals surface area contributed by atoms with Crippen LogP contribution in [0.15, 0.2) is 12.3 Å². The molecule has 1 fully saturated rings. The number of Topliss-reactive ketones (excluding diaryl/α,β-unsaturated/α-hetero) is 1. The van der Waals surface area contributed by atoms with Crippen LogP contribution in [0.1, 0.15) is 29.8 Å².